The number of hydrogen-bond donors (Lipinski definition) is 2. The number of piperidine rings is 3. The molecule has 0 spiro atoms. The molecule has 0 saturated carbocycles. The van der Waals surface area contributed by atoms with Gasteiger partial charge in [0.05, 0.1) is 30.6 Å². The Kier molecular flexibility index (Phi) is 8.91. The van der Waals surface area contributed by atoms with Crippen molar-refractivity contribution in [1.82, 2.24) is 39.5 Å². The third-order valence-electron chi connectivity index (χ3n) is 11.5. The number of anilines is 2. The molecule has 7 heterocycles. The zero-order valence-corrected chi connectivity index (χ0v) is 30.4. The van der Waals surface area contributed by atoms with Gasteiger partial charge in [-0.3, -0.25) is 29.2 Å². The number of nitrogens with one attached hydrogen (secondary N) is 2. The van der Waals surface area contributed by atoms with Gasteiger partial charge in [-0.1, -0.05) is 0 Å². The SMILES string of the molecule is COc1cc2nn([C@H]3CCN(CC4CCN(c5ccc6c(c5)CN(C5CCC(=O)NC5=O)C6=O)CC4)C[C@@H]3F)cc2cc1NC(=O)c1cnn2cccnc12. The summed E-state index contributed by atoms with van der Waals surface area (Å²) >= 11 is 0. The van der Waals surface area contributed by atoms with Crippen LogP contribution in [0.3, 0.4) is 0 Å². The van der Waals surface area contributed by atoms with E-state index in [4.69, 9.17) is 9.84 Å². The number of halogens is 1. The number of alkyl halides is 1. The first-order chi connectivity index (χ1) is 26.7. The Balaban J connectivity index is 0.793. The van der Waals surface area contributed by atoms with Gasteiger partial charge in [0.1, 0.15) is 23.5 Å². The van der Waals surface area contributed by atoms with Crippen LogP contribution in [0.5, 0.6) is 5.75 Å². The maximum absolute atomic E-state index is 15.9. The van der Waals surface area contributed by atoms with Gasteiger partial charge < -0.3 is 24.8 Å². The minimum Gasteiger partial charge on any atom is -0.494 e. The normalized spacial score (nSPS) is 22.4. The Bertz CT molecular complexity index is 2330. The zero-order valence-electron chi connectivity index (χ0n) is 30.4. The van der Waals surface area contributed by atoms with Crippen molar-refractivity contribution in [2.75, 3.05) is 50.1 Å². The molecule has 3 fully saturated rings. The Morgan fingerprint density at radius 1 is 1.07 bits per heavy atom. The lowest BCUT2D eigenvalue weighted by molar-refractivity contribution is -0.136. The number of imide groups is 1. The first kappa shape index (κ1) is 34.8. The number of likely N-dealkylation sites (tertiary alicyclic amines) is 1. The molecular weight excluding hydrogens is 707 g/mol. The maximum Gasteiger partial charge on any atom is 0.261 e. The Hall–Kier alpha value is -5.90. The number of fused-ring (bicyclic) bond motifs is 3. The molecule has 3 saturated heterocycles. The Labute approximate surface area is 315 Å². The summed E-state index contributed by atoms with van der Waals surface area (Å²) in [6, 6.07) is 10.1. The summed E-state index contributed by atoms with van der Waals surface area (Å²) in [6.45, 7) is 4.03. The first-order valence-electron chi connectivity index (χ1n) is 18.8. The van der Waals surface area contributed by atoms with Crippen LogP contribution in [0.4, 0.5) is 15.8 Å². The minimum atomic E-state index is -1.10. The number of amides is 4. The van der Waals surface area contributed by atoms with Crippen LogP contribution in [0.25, 0.3) is 16.6 Å². The van der Waals surface area contributed by atoms with Gasteiger partial charge in [0.15, 0.2) is 5.65 Å². The average molecular weight is 749 g/mol. The number of nitrogens with zero attached hydrogens (tertiary/aromatic N) is 8. The number of carbonyl (C=O) groups is 4. The maximum atomic E-state index is 15.9. The molecule has 55 heavy (non-hydrogen) atoms. The fourth-order valence-electron chi connectivity index (χ4n) is 8.60. The van der Waals surface area contributed by atoms with Crippen molar-refractivity contribution in [3.8, 4) is 5.75 Å². The van der Waals surface area contributed by atoms with E-state index >= 15 is 4.39 Å². The Morgan fingerprint density at radius 2 is 1.93 bits per heavy atom. The fraction of sp³-hybridized carbons (Fsp3) is 0.410. The van der Waals surface area contributed by atoms with Crippen LogP contribution in [0, 0.1) is 5.92 Å². The fourth-order valence-corrected chi connectivity index (χ4v) is 8.60. The third-order valence-corrected chi connectivity index (χ3v) is 11.5. The lowest BCUT2D eigenvalue weighted by Crippen LogP contribution is -2.52. The van der Waals surface area contributed by atoms with Crippen LogP contribution < -0.4 is 20.3 Å². The number of methoxy groups -OCH3 is 1. The van der Waals surface area contributed by atoms with Crippen LogP contribution in [0.1, 0.15) is 64.4 Å². The molecule has 4 aliphatic heterocycles. The van der Waals surface area contributed by atoms with Crippen LogP contribution in [-0.4, -0.2) is 110 Å². The Morgan fingerprint density at radius 3 is 2.73 bits per heavy atom. The zero-order chi connectivity index (χ0) is 37.8. The largest absolute Gasteiger partial charge is 0.494 e. The van der Waals surface area contributed by atoms with Crippen molar-refractivity contribution in [3.63, 3.8) is 0 Å². The van der Waals surface area contributed by atoms with E-state index in [2.05, 4.69) is 36.6 Å². The molecule has 4 aliphatic rings. The summed E-state index contributed by atoms with van der Waals surface area (Å²) in [7, 11) is 1.53. The van der Waals surface area contributed by atoms with E-state index < -0.39 is 24.2 Å². The summed E-state index contributed by atoms with van der Waals surface area (Å²) in [5, 5.41) is 15.0. The van der Waals surface area contributed by atoms with Crippen LogP contribution in [-0.2, 0) is 16.1 Å². The van der Waals surface area contributed by atoms with Gasteiger partial charge in [0, 0.05) is 87.0 Å². The van der Waals surface area contributed by atoms with Crippen molar-refractivity contribution < 1.29 is 28.3 Å². The highest BCUT2D eigenvalue weighted by atomic mass is 19.1. The molecule has 2 N–H and O–H groups in total. The number of carbonyl (C=O) groups excluding carboxylic acids is 4. The summed E-state index contributed by atoms with van der Waals surface area (Å²) in [6.07, 6.45) is 8.70. The molecule has 0 radical (unpaired) electrons. The summed E-state index contributed by atoms with van der Waals surface area (Å²) < 4.78 is 24.7. The molecule has 4 amide bonds. The van der Waals surface area contributed by atoms with Gasteiger partial charge in [0.25, 0.3) is 11.8 Å². The van der Waals surface area contributed by atoms with E-state index in [-0.39, 0.29) is 24.1 Å². The first-order valence-corrected chi connectivity index (χ1v) is 18.8. The second-order valence-corrected chi connectivity index (χ2v) is 14.9. The molecule has 2 aromatic carbocycles. The molecule has 284 valence electrons. The standard InChI is InChI=1S/C39H41FN10O5/c1-55-34-17-30-25(16-31(34)43-37(52)28-18-42-49-11-2-10-41-36(28)49)21-50(45-30)32-9-12-46(22-29(32)40)19-23-7-13-47(14-8-23)26-3-4-27-24(15-26)20-48(39(27)54)33-5-6-35(51)44-38(33)53/h2-4,10-11,15-18,21,23,29,32-33H,5-9,12-14,19-20,22H2,1H3,(H,43,52)(H,44,51,53)/t29-,32-,33?/m0/s1. The van der Waals surface area contributed by atoms with E-state index in [1.54, 1.807) is 40.2 Å². The average Bonchev–Trinajstić information content (AvgIpc) is 3.90. The van der Waals surface area contributed by atoms with Gasteiger partial charge in [-0.15, -0.1) is 0 Å². The number of ether oxygens (including phenoxy) is 1. The van der Waals surface area contributed by atoms with Crippen molar-refractivity contribution in [1.29, 1.82) is 0 Å². The number of hydrogen-bond acceptors (Lipinski definition) is 10. The molecule has 15 nitrogen and oxygen atoms in total. The number of aromatic nitrogens is 5. The molecule has 9 rings (SSSR count). The van der Waals surface area contributed by atoms with Crippen molar-refractivity contribution in [3.05, 3.63) is 77.9 Å². The highest BCUT2D eigenvalue weighted by Crippen LogP contribution is 2.35. The minimum absolute atomic E-state index is 0.167. The third kappa shape index (κ3) is 6.53. The van der Waals surface area contributed by atoms with Crippen molar-refractivity contribution in [2.24, 2.45) is 5.92 Å². The summed E-state index contributed by atoms with van der Waals surface area (Å²) in [4.78, 5) is 60.8. The quantitative estimate of drug-likeness (QED) is 0.225. The molecule has 1 unspecified atom stereocenters. The van der Waals surface area contributed by atoms with E-state index in [1.807, 2.05) is 18.3 Å². The van der Waals surface area contributed by atoms with Crippen molar-refractivity contribution >= 4 is 51.6 Å². The lowest BCUT2D eigenvalue weighted by atomic mass is 9.94. The number of benzene rings is 2. The van der Waals surface area contributed by atoms with Crippen LogP contribution in [0.2, 0.25) is 0 Å². The predicted octanol–water partition coefficient (Wildman–Crippen LogP) is 3.60. The highest BCUT2D eigenvalue weighted by molar-refractivity contribution is 6.09. The molecule has 5 aromatic rings. The summed E-state index contributed by atoms with van der Waals surface area (Å²) in [5.74, 6) is -0.355. The van der Waals surface area contributed by atoms with Crippen molar-refractivity contribution in [2.45, 2.75) is 56.9 Å². The summed E-state index contributed by atoms with van der Waals surface area (Å²) in [5.41, 5.74) is 4.46. The second-order valence-electron chi connectivity index (χ2n) is 14.9. The monoisotopic (exact) mass is 748 g/mol. The van der Waals surface area contributed by atoms with Gasteiger partial charge in [-0.25, -0.2) is 13.9 Å². The van der Waals surface area contributed by atoms with Gasteiger partial charge >= 0.3 is 0 Å². The molecule has 16 heteroatoms. The highest BCUT2D eigenvalue weighted by Gasteiger charge is 2.39. The van der Waals surface area contributed by atoms with Gasteiger partial charge in [-0.2, -0.15) is 10.2 Å². The lowest BCUT2D eigenvalue weighted by Gasteiger charge is -2.39. The van der Waals surface area contributed by atoms with E-state index in [0.29, 0.717) is 65.6 Å². The van der Waals surface area contributed by atoms with Crippen LogP contribution in [0.15, 0.2) is 61.2 Å². The van der Waals surface area contributed by atoms with E-state index in [9.17, 15) is 19.2 Å². The molecule has 3 aromatic heterocycles. The predicted molar refractivity (Wildman–Crippen MR) is 200 cm³/mol. The van der Waals surface area contributed by atoms with E-state index in [1.165, 1.54) is 17.8 Å². The topological polar surface area (TPSA) is 159 Å². The van der Waals surface area contributed by atoms with E-state index in [0.717, 1.165) is 55.7 Å². The van der Waals surface area contributed by atoms with Crippen LogP contribution >= 0.6 is 0 Å². The van der Waals surface area contributed by atoms with Gasteiger partial charge in [-0.05, 0) is 67.5 Å². The molecule has 0 aliphatic carbocycles. The molecular formula is C39H41FN10O5. The smallest absolute Gasteiger partial charge is 0.261 e. The van der Waals surface area contributed by atoms with Gasteiger partial charge in [0.2, 0.25) is 11.8 Å². The number of rotatable bonds is 8. The molecule has 3 atom stereocenters. The second kappa shape index (κ2) is 14.1. The molecule has 0 bridgehead atoms.